The Labute approximate surface area is 160 Å². The zero-order valence-corrected chi connectivity index (χ0v) is 15.0. The largest absolute Gasteiger partial charge is 0.248 e. The molecule has 0 spiro atoms. The topological polar surface area (TPSA) is 51.6 Å². The van der Waals surface area contributed by atoms with Gasteiger partial charge < -0.3 is 0 Å². The van der Waals surface area contributed by atoms with Crippen LogP contribution >= 0.6 is 23.2 Å². The molecule has 0 N–H and O–H groups in total. The van der Waals surface area contributed by atoms with Crippen molar-refractivity contribution in [1.29, 1.82) is 0 Å². The summed E-state index contributed by atoms with van der Waals surface area (Å²) < 4.78 is 0. The molecule has 2 heterocycles. The Morgan fingerprint density at radius 1 is 0.500 bits per heavy atom. The van der Waals surface area contributed by atoms with E-state index in [4.69, 9.17) is 28.2 Å². The highest BCUT2D eigenvalue weighted by Gasteiger charge is 2.12. The lowest BCUT2D eigenvalue weighted by atomic mass is 10.0. The van der Waals surface area contributed by atoms with Crippen LogP contribution in [0.5, 0.6) is 0 Å². The van der Waals surface area contributed by atoms with E-state index in [0.29, 0.717) is 5.82 Å². The van der Waals surface area contributed by atoms with Gasteiger partial charge in [0.2, 0.25) is 10.6 Å². The van der Waals surface area contributed by atoms with E-state index in [1.54, 1.807) is 0 Å². The minimum Gasteiger partial charge on any atom is -0.248 e. The first kappa shape index (κ1) is 16.6. The Bertz CT molecular complexity index is 976. The van der Waals surface area contributed by atoms with Crippen LogP contribution in [0.2, 0.25) is 10.6 Å². The second-order valence-corrected chi connectivity index (χ2v) is 6.23. The SMILES string of the molecule is Clc1nc(Cl)nc(-c2cc(-c3ccccc3)nc(-c3ccccc3)c2)n1. The highest BCUT2D eigenvalue weighted by Crippen LogP contribution is 2.29. The zero-order chi connectivity index (χ0) is 17.9. The van der Waals surface area contributed by atoms with Gasteiger partial charge in [-0.25, -0.2) is 4.98 Å². The Kier molecular flexibility index (Phi) is 4.61. The molecule has 4 rings (SSSR count). The fraction of sp³-hybridized carbons (Fsp3) is 0. The zero-order valence-electron chi connectivity index (χ0n) is 13.5. The maximum atomic E-state index is 5.95. The molecule has 0 saturated carbocycles. The van der Waals surface area contributed by atoms with Crippen LogP contribution in [0, 0.1) is 0 Å². The molecule has 2 aromatic heterocycles. The van der Waals surface area contributed by atoms with Crippen LogP contribution in [0.1, 0.15) is 0 Å². The predicted octanol–water partition coefficient (Wildman–Crippen LogP) is 5.57. The average Bonchev–Trinajstić information content (AvgIpc) is 2.68. The number of aromatic nitrogens is 4. The van der Waals surface area contributed by atoms with E-state index in [9.17, 15) is 0 Å². The first-order valence-corrected chi connectivity index (χ1v) is 8.65. The fourth-order valence-electron chi connectivity index (χ4n) is 2.63. The number of hydrogen-bond acceptors (Lipinski definition) is 4. The molecule has 0 fully saturated rings. The van der Waals surface area contributed by atoms with Gasteiger partial charge in [0, 0.05) is 16.7 Å². The molecule has 0 bridgehead atoms. The Hall–Kier alpha value is -2.82. The Balaban J connectivity index is 1.93. The quantitative estimate of drug-likeness (QED) is 0.467. The third-order valence-corrected chi connectivity index (χ3v) is 4.14. The molecule has 0 radical (unpaired) electrons. The Morgan fingerprint density at radius 2 is 0.962 bits per heavy atom. The summed E-state index contributed by atoms with van der Waals surface area (Å²) in [5.74, 6) is 0.409. The van der Waals surface area contributed by atoms with Gasteiger partial charge in [-0.15, -0.1) is 0 Å². The van der Waals surface area contributed by atoms with Crippen LogP contribution in [0.15, 0.2) is 72.8 Å². The monoisotopic (exact) mass is 378 g/mol. The van der Waals surface area contributed by atoms with Crippen LogP contribution in [-0.2, 0) is 0 Å². The molecule has 126 valence electrons. The van der Waals surface area contributed by atoms with Crippen LogP contribution in [0.3, 0.4) is 0 Å². The molecule has 0 aliphatic carbocycles. The molecule has 0 aliphatic rings. The minimum atomic E-state index is 0.0549. The lowest BCUT2D eigenvalue weighted by Gasteiger charge is -2.09. The van der Waals surface area contributed by atoms with Crippen molar-refractivity contribution in [2.24, 2.45) is 0 Å². The minimum absolute atomic E-state index is 0.0549. The highest BCUT2D eigenvalue weighted by molar-refractivity contribution is 6.31. The highest BCUT2D eigenvalue weighted by atomic mass is 35.5. The van der Waals surface area contributed by atoms with Crippen molar-refractivity contribution in [1.82, 2.24) is 19.9 Å². The molecular formula is C20H12Cl2N4. The summed E-state index contributed by atoms with van der Waals surface area (Å²) in [7, 11) is 0. The third-order valence-electron chi connectivity index (χ3n) is 3.80. The number of benzene rings is 2. The number of pyridine rings is 1. The van der Waals surface area contributed by atoms with Crippen LogP contribution < -0.4 is 0 Å². The van der Waals surface area contributed by atoms with Gasteiger partial charge in [0.15, 0.2) is 5.82 Å². The van der Waals surface area contributed by atoms with Gasteiger partial charge in [0.1, 0.15) is 0 Å². The number of rotatable bonds is 3. The summed E-state index contributed by atoms with van der Waals surface area (Å²) in [4.78, 5) is 17.0. The van der Waals surface area contributed by atoms with Crippen LogP contribution in [0.25, 0.3) is 33.9 Å². The molecule has 4 aromatic rings. The molecule has 0 atom stereocenters. The first-order chi connectivity index (χ1) is 12.7. The smallest absolute Gasteiger partial charge is 0.227 e. The summed E-state index contributed by atoms with van der Waals surface area (Å²) in [6.07, 6.45) is 0. The summed E-state index contributed by atoms with van der Waals surface area (Å²) in [5, 5.41) is 0.110. The third kappa shape index (κ3) is 3.57. The van der Waals surface area contributed by atoms with Crippen molar-refractivity contribution in [3.05, 3.63) is 83.4 Å². The molecule has 4 nitrogen and oxygen atoms in total. The standard InChI is InChI=1S/C20H12Cl2N4/c21-19-24-18(25-20(22)26-19)15-11-16(13-7-3-1-4-8-13)23-17(12-15)14-9-5-2-6-10-14/h1-12H. The van der Waals surface area contributed by atoms with Crippen molar-refractivity contribution in [3.8, 4) is 33.9 Å². The number of halogens is 2. The van der Waals surface area contributed by atoms with Crippen molar-refractivity contribution in [2.75, 3.05) is 0 Å². The van der Waals surface area contributed by atoms with Crippen molar-refractivity contribution in [3.63, 3.8) is 0 Å². The molecule has 0 unspecified atom stereocenters. The molecule has 0 saturated heterocycles. The number of nitrogens with zero attached hydrogens (tertiary/aromatic N) is 4. The summed E-state index contributed by atoms with van der Waals surface area (Å²) in [5.41, 5.74) is 4.39. The van der Waals surface area contributed by atoms with Gasteiger partial charge >= 0.3 is 0 Å². The number of hydrogen-bond donors (Lipinski definition) is 0. The predicted molar refractivity (Wildman–Crippen MR) is 104 cm³/mol. The van der Waals surface area contributed by atoms with E-state index < -0.39 is 0 Å². The average molecular weight is 379 g/mol. The maximum Gasteiger partial charge on any atom is 0.227 e. The van der Waals surface area contributed by atoms with Gasteiger partial charge in [-0.05, 0) is 35.3 Å². The molecule has 0 amide bonds. The van der Waals surface area contributed by atoms with E-state index in [2.05, 4.69) is 15.0 Å². The van der Waals surface area contributed by atoms with Crippen molar-refractivity contribution < 1.29 is 0 Å². The second kappa shape index (κ2) is 7.20. The Morgan fingerprint density at radius 3 is 1.42 bits per heavy atom. The molecule has 2 aromatic carbocycles. The maximum absolute atomic E-state index is 5.95. The normalized spacial score (nSPS) is 10.7. The van der Waals surface area contributed by atoms with Crippen molar-refractivity contribution >= 4 is 23.2 Å². The van der Waals surface area contributed by atoms with Crippen LogP contribution in [-0.4, -0.2) is 19.9 Å². The van der Waals surface area contributed by atoms with Crippen molar-refractivity contribution in [2.45, 2.75) is 0 Å². The van der Waals surface area contributed by atoms with E-state index >= 15 is 0 Å². The molecular weight excluding hydrogens is 367 g/mol. The van der Waals surface area contributed by atoms with Gasteiger partial charge in [-0.3, -0.25) is 0 Å². The summed E-state index contributed by atoms with van der Waals surface area (Å²) >= 11 is 11.9. The first-order valence-electron chi connectivity index (χ1n) is 7.89. The van der Waals surface area contributed by atoms with Gasteiger partial charge in [-0.2, -0.15) is 15.0 Å². The van der Waals surface area contributed by atoms with E-state index in [1.807, 2.05) is 72.8 Å². The van der Waals surface area contributed by atoms with E-state index in [1.165, 1.54) is 0 Å². The van der Waals surface area contributed by atoms with E-state index in [-0.39, 0.29) is 10.6 Å². The second-order valence-electron chi connectivity index (χ2n) is 5.56. The van der Waals surface area contributed by atoms with Gasteiger partial charge in [-0.1, -0.05) is 60.7 Å². The van der Waals surface area contributed by atoms with Gasteiger partial charge in [0.25, 0.3) is 0 Å². The van der Waals surface area contributed by atoms with Crippen LogP contribution in [0.4, 0.5) is 0 Å². The molecule has 26 heavy (non-hydrogen) atoms. The molecule has 0 aliphatic heterocycles. The lowest BCUT2D eigenvalue weighted by Crippen LogP contribution is -1.96. The van der Waals surface area contributed by atoms with Gasteiger partial charge in [0.05, 0.1) is 11.4 Å². The summed E-state index contributed by atoms with van der Waals surface area (Å²) in [6.45, 7) is 0. The molecule has 6 heteroatoms. The van der Waals surface area contributed by atoms with E-state index in [0.717, 1.165) is 28.1 Å². The summed E-state index contributed by atoms with van der Waals surface area (Å²) in [6, 6.07) is 23.7. The lowest BCUT2D eigenvalue weighted by molar-refractivity contribution is 1.06. The fourth-order valence-corrected chi connectivity index (χ4v) is 2.99.